The first-order chi connectivity index (χ1) is 17.0. The number of nitro groups is 1. The number of piperazine rings is 1. The van der Waals surface area contributed by atoms with Crippen LogP contribution in [0.25, 0.3) is 0 Å². The van der Waals surface area contributed by atoms with E-state index in [1.165, 1.54) is 6.20 Å². The van der Waals surface area contributed by atoms with Crippen LogP contribution in [-0.4, -0.2) is 105 Å². The fourth-order valence-electron chi connectivity index (χ4n) is 3.12. The normalized spacial score (nSPS) is 14.9. The van der Waals surface area contributed by atoms with Crippen LogP contribution in [-0.2, 0) is 16.1 Å². The van der Waals surface area contributed by atoms with E-state index in [4.69, 9.17) is 32.6 Å². The van der Waals surface area contributed by atoms with Crippen LogP contribution in [0.2, 0.25) is 0 Å². The molecule has 1 saturated heterocycles. The quantitative estimate of drug-likeness (QED) is 0.201. The molecule has 4 N–H and O–H groups in total. The van der Waals surface area contributed by atoms with Gasteiger partial charge >= 0.3 is 17.8 Å². The maximum Gasteiger partial charge on any atom is 0.342 e. The number of aromatic nitrogens is 3. The summed E-state index contributed by atoms with van der Waals surface area (Å²) in [6.45, 7) is 5.75. The summed E-state index contributed by atoms with van der Waals surface area (Å²) in [4.78, 5) is 43.0. The van der Waals surface area contributed by atoms with Crippen molar-refractivity contribution in [3.05, 3.63) is 46.5 Å². The fourth-order valence-corrected chi connectivity index (χ4v) is 4.37. The van der Waals surface area contributed by atoms with Crippen LogP contribution in [0.3, 0.4) is 0 Å². The maximum atomic E-state index is 11.0. The van der Waals surface area contributed by atoms with Crippen molar-refractivity contribution in [3.8, 4) is 0 Å². The Kier molecular flexibility index (Phi) is 11.0. The minimum absolute atomic E-state index is 0.0259. The standard InChI is InChI=1S/C16H20N6O2S2.C4H6O6/c1-13-18-12-15(22(23)24)21(13)10-11-26-16(25)20-8-6-19(7-9-20)14-4-2-3-5-17-14;5-1(3(7)8)2(6)4(9)10/h2-5,12H,6-11H2,1H3;1-2,5-6H,(H,7,8)(H,9,10). The van der Waals surface area contributed by atoms with Crippen LogP contribution < -0.4 is 4.90 Å². The first kappa shape index (κ1) is 28.9. The Morgan fingerprint density at radius 1 is 1.14 bits per heavy atom. The number of rotatable bonds is 8. The van der Waals surface area contributed by atoms with E-state index in [0.29, 0.717) is 18.1 Å². The number of nitrogens with zero attached hydrogens (tertiary/aromatic N) is 6. The molecule has 2 aromatic rings. The van der Waals surface area contributed by atoms with Crippen LogP contribution in [0.1, 0.15) is 5.82 Å². The number of aliphatic carboxylic acids is 2. The third-order valence-corrected chi connectivity index (χ3v) is 6.58. The number of aliphatic hydroxyl groups excluding tert-OH is 2. The molecule has 2 aromatic heterocycles. The molecule has 0 spiro atoms. The monoisotopic (exact) mass is 542 g/mol. The Bertz CT molecular complexity index is 1040. The van der Waals surface area contributed by atoms with Gasteiger partial charge in [0.15, 0.2) is 18.0 Å². The molecular weight excluding hydrogens is 516 g/mol. The summed E-state index contributed by atoms with van der Waals surface area (Å²) in [5, 5.41) is 43.5. The molecule has 0 bridgehead atoms. The van der Waals surface area contributed by atoms with Gasteiger partial charge in [0.25, 0.3) is 0 Å². The van der Waals surface area contributed by atoms with Gasteiger partial charge in [-0.05, 0) is 17.1 Å². The van der Waals surface area contributed by atoms with Crippen LogP contribution in [0.5, 0.6) is 0 Å². The highest BCUT2D eigenvalue weighted by Crippen LogP contribution is 2.19. The number of pyridine rings is 1. The molecule has 2 unspecified atom stereocenters. The SMILES string of the molecule is Cc1ncc([N+](=O)[O-])n1CCSC(=S)N1CCN(c2ccccn2)CC1.O=C(O)C(O)C(O)C(=O)O. The Labute approximate surface area is 215 Å². The van der Waals surface area contributed by atoms with Crippen LogP contribution >= 0.6 is 24.0 Å². The molecule has 0 amide bonds. The van der Waals surface area contributed by atoms with E-state index >= 15 is 0 Å². The second kappa shape index (κ2) is 13.7. The van der Waals surface area contributed by atoms with Crippen molar-refractivity contribution in [2.45, 2.75) is 25.7 Å². The summed E-state index contributed by atoms with van der Waals surface area (Å²) < 4.78 is 2.46. The number of aryl methyl sites for hydroxylation is 1. The Morgan fingerprint density at radius 2 is 1.75 bits per heavy atom. The van der Waals surface area contributed by atoms with Crippen molar-refractivity contribution in [2.75, 3.05) is 36.8 Å². The lowest BCUT2D eigenvalue weighted by molar-refractivity contribution is -0.392. The largest absolute Gasteiger partial charge is 0.479 e. The van der Waals surface area contributed by atoms with Gasteiger partial charge in [0.05, 0.1) is 0 Å². The molecule has 196 valence electrons. The molecule has 14 nitrogen and oxygen atoms in total. The number of aliphatic hydroxyl groups is 2. The molecule has 16 heteroatoms. The second-order valence-electron chi connectivity index (χ2n) is 7.41. The average Bonchev–Trinajstić information content (AvgIpc) is 3.24. The highest BCUT2D eigenvalue weighted by Gasteiger charge is 2.29. The van der Waals surface area contributed by atoms with Gasteiger partial charge in [-0.25, -0.2) is 24.1 Å². The number of carboxylic acids is 2. The molecule has 3 rings (SSSR count). The number of thiocarbonyl (C=S) groups is 1. The topological polar surface area (TPSA) is 195 Å². The van der Waals surface area contributed by atoms with E-state index in [1.807, 2.05) is 18.2 Å². The lowest BCUT2D eigenvalue weighted by Gasteiger charge is -2.36. The first-order valence-electron chi connectivity index (χ1n) is 10.6. The van der Waals surface area contributed by atoms with E-state index in [9.17, 15) is 19.7 Å². The summed E-state index contributed by atoms with van der Waals surface area (Å²) in [7, 11) is 0. The van der Waals surface area contributed by atoms with Gasteiger partial charge in [-0.2, -0.15) is 0 Å². The van der Waals surface area contributed by atoms with E-state index in [1.54, 1.807) is 29.4 Å². The summed E-state index contributed by atoms with van der Waals surface area (Å²) in [6.07, 6.45) is -1.43. The minimum atomic E-state index is -2.27. The van der Waals surface area contributed by atoms with Crippen LogP contribution in [0.4, 0.5) is 11.6 Å². The summed E-state index contributed by atoms with van der Waals surface area (Å²) in [6, 6.07) is 5.92. The average molecular weight is 543 g/mol. The van der Waals surface area contributed by atoms with Gasteiger partial charge in [0, 0.05) is 45.1 Å². The highest BCUT2D eigenvalue weighted by atomic mass is 32.2. The van der Waals surface area contributed by atoms with E-state index < -0.39 is 29.1 Å². The van der Waals surface area contributed by atoms with E-state index in [0.717, 1.165) is 36.3 Å². The zero-order valence-corrected chi connectivity index (χ0v) is 20.8. The lowest BCUT2D eigenvalue weighted by atomic mass is 10.2. The smallest absolute Gasteiger partial charge is 0.342 e. The molecule has 1 fully saturated rings. The van der Waals surface area contributed by atoms with Crippen molar-refractivity contribution in [1.29, 1.82) is 0 Å². The number of carboxylic acid groups (broad SMARTS) is 2. The Balaban J connectivity index is 0.000000388. The Hall–Kier alpha value is -3.34. The fraction of sp³-hybridized carbons (Fsp3) is 0.450. The van der Waals surface area contributed by atoms with Crippen LogP contribution in [0, 0.1) is 17.0 Å². The maximum absolute atomic E-state index is 11.0. The van der Waals surface area contributed by atoms with Gasteiger partial charge in [-0.3, -0.25) is 0 Å². The molecule has 0 aliphatic carbocycles. The molecule has 1 aliphatic heterocycles. The number of imidazole rings is 1. The molecule has 2 atom stereocenters. The summed E-state index contributed by atoms with van der Waals surface area (Å²) >= 11 is 7.10. The third kappa shape index (κ3) is 8.11. The van der Waals surface area contributed by atoms with E-state index in [-0.39, 0.29) is 5.82 Å². The summed E-state index contributed by atoms with van der Waals surface area (Å²) in [5.41, 5.74) is 0. The zero-order chi connectivity index (χ0) is 26.8. The predicted molar refractivity (Wildman–Crippen MR) is 134 cm³/mol. The van der Waals surface area contributed by atoms with Gasteiger partial charge in [0.1, 0.15) is 22.9 Å². The summed E-state index contributed by atoms with van der Waals surface area (Å²) in [5.74, 6) is -1.19. The number of carbonyl (C=O) groups is 2. The zero-order valence-electron chi connectivity index (χ0n) is 19.2. The van der Waals surface area contributed by atoms with Crippen molar-refractivity contribution < 1.29 is 34.9 Å². The second-order valence-corrected chi connectivity index (χ2v) is 9.14. The molecule has 0 radical (unpaired) electrons. The predicted octanol–water partition coefficient (Wildman–Crippen LogP) is 0.212. The van der Waals surface area contributed by atoms with Crippen molar-refractivity contribution >= 4 is 51.9 Å². The molecule has 0 aromatic carbocycles. The van der Waals surface area contributed by atoms with Crippen LogP contribution in [0.15, 0.2) is 30.6 Å². The lowest BCUT2D eigenvalue weighted by Crippen LogP contribution is -2.48. The number of anilines is 1. The first-order valence-corrected chi connectivity index (χ1v) is 12.0. The highest BCUT2D eigenvalue weighted by molar-refractivity contribution is 8.22. The van der Waals surface area contributed by atoms with Crippen molar-refractivity contribution in [1.82, 2.24) is 19.4 Å². The third-order valence-electron chi connectivity index (χ3n) is 5.08. The minimum Gasteiger partial charge on any atom is -0.479 e. The van der Waals surface area contributed by atoms with Gasteiger partial charge in [-0.1, -0.05) is 30.0 Å². The number of hydrogen-bond acceptors (Lipinski definition) is 11. The molecule has 3 heterocycles. The molecule has 36 heavy (non-hydrogen) atoms. The van der Waals surface area contributed by atoms with Crippen molar-refractivity contribution in [2.24, 2.45) is 0 Å². The molecule has 0 saturated carbocycles. The molecular formula is C20H26N6O8S2. The Morgan fingerprint density at radius 3 is 2.25 bits per heavy atom. The number of thioether (sulfide) groups is 1. The van der Waals surface area contributed by atoms with Gasteiger partial charge in [-0.15, -0.1) is 0 Å². The van der Waals surface area contributed by atoms with E-state index in [2.05, 4.69) is 19.8 Å². The van der Waals surface area contributed by atoms with Gasteiger partial charge < -0.3 is 40.3 Å². The number of hydrogen-bond donors (Lipinski definition) is 4. The van der Waals surface area contributed by atoms with Crippen molar-refractivity contribution in [3.63, 3.8) is 0 Å². The molecule has 1 aliphatic rings. The van der Waals surface area contributed by atoms with Gasteiger partial charge in [0.2, 0.25) is 0 Å².